The molecule has 2 aromatic rings. The molecule has 2 rings (SSSR count). The molecule has 136 valence electrons. The van der Waals surface area contributed by atoms with Gasteiger partial charge in [-0.25, -0.2) is 9.59 Å². The van der Waals surface area contributed by atoms with Crippen LogP contribution in [0.3, 0.4) is 0 Å². The largest absolute Gasteiger partial charge is 0.462 e. The van der Waals surface area contributed by atoms with Crippen LogP contribution in [0.2, 0.25) is 0 Å². The minimum Gasteiger partial charge on any atom is -0.462 e. The topological polar surface area (TPSA) is 110 Å². The van der Waals surface area contributed by atoms with Crippen molar-refractivity contribution in [2.75, 3.05) is 18.5 Å². The summed E-state index contributed by atoms with van der Waals surface area (Å²) < 4.78 is 9.68. The monoisotopic (exact) mass is 357 g/mol. The number of carbonyl (C=O) groups is 2. The SMILES string of the molecule is CCOC(=O)C(=CNc1cc(-c2ccncc2)c[nH]c1=O)C(=O)OCC. The second-order valence-electron chi connectivity index (χ2n) is 5.01. The Labute approximate surface area is 149 Å². The number of aromatic nitrogens is 2. The molecular formula is C18H19N3O5. The number of hydrogen-bond donors (Lipinski definition) is 2. The first-order chi connectivity index (χ1) is 12.6. The van der Waals surface area contributed by atoms with E-state index in [1.54, 1.807) is 50.6 Å². The Bertz CT molecular complexity index is 839. The minimum absolute atomic E-state index is 0.105. The predicted molar refractivity (Wildman–Crippen MR) is 95.3 cm³/mol. The van der Waals surface area contributed by atoms with Gasteiger partial charge in [0.25, 0.3) is 5.56 Å². The van der Waals surface area contributed by atoms with Crippen molar-refractivity contribution in [2.45, 2.75) is 13.8 Å². The molecule has 0 aliphatic rings. The molecule has 0 spiro atoms. The summed E-state index contributed by atoms with van der Waals surface area (Å²) in [5, 5.41) is 2.68. The summed E-state index contributed by atoms with van der Waals surface area (Å²) in [5.74, 6) is -1.67. The van der Waals surface area contributed by atoms with Crippen molar-refractivity contribution in [2.24, 2.45) is 0 Å². The van der Waals surface area contributed by atoms with E-state index < -0.39 is 17.5 Å². The Balaban J connectivity index is 2.32. The highest BCUT2D eigenvalue weighted by atomic mass is 16.6. The molecule has 2 heterocycles. The van der Waals surface area contributed by atoms with E-state index in [9.17, 15) is 14.4 Å². The number of anilines is 1. The highest BCUT2D eigenvalue weighted by Gasteiger charge is 2.21. The van der Waals surface area contributed by atoms with E-state index in [1.165, 1.54) is 0 Å². The highest BCUT2D eigenvalue weighted by Crippen LogP contribution is 2.18. The van der Waals surface area contributed by atoms with Crippen LogP contribution in [0.1, 0.15) is 13.8 Å². The molecule has 26 heavy (non-hydrogen) atoms. The first-order valence-electron chi connectivity index (χ1n) is 8.00. The van der Waals surface area contributed by atoms with Crippen molar-refractivity contribution < 1.29 is 19.1 Å². The van der Waals surface area contributed by atoms with Gasteiger partial charge in [0.15, 0.2) is 5.57 Å². The molecule has 2 N–H and O–H groups in total. The third kappa shape index (κ3) is 4.79. The quantitative estimate of drug-likeness (QED) is 0.337. The van der Waals surface area contributed by atoms with Crippen molar-refractivity contribution in [3.05, 3.63) is 58.9 Å². The first kappa shape index (κ1) is 18.9. The van der Waals surface area contributed by atoms with Crippen molar-refractivity contribution in [1.82, 2.24) is 9.97 Å². The third-order valence-electron chi connectivity index (χ3n) is 3.28. The van der Waals surface area contributed by atoms with Crippen LogP contribution in [0.5, 0.6) is 0 Å². The van der Waals surface area contributed by atoms with Crippen molar-refractivity contribution >= 4 is 17.6 Å². The average molecular weight is 357 g/mol. The zero-order valence-corrected chi connectivity index (χ0v) is 14.4. The summed E-state index contributed by atoms with van der Waals surface area (Å²) >= 11 is 0. The molecule has 8 nitrogen and oxygen atoms in total. The lowest BCUT2D eigenvalue weighted by Gasteiger charge is -2.08. The van der Waals surface area contributed by atoms with Crippen LogP contribution in [0, 0.1) is 0 Å². The average Bonchev–Trinajstić information content (AvgIpc) is 2.64. The Morgan fingerprint density at radius 1 is 1.12 bits per heavy atom. The molecule has 0 bridgehead atoms. The van der Waals surface area contributed by atoms with E-state index in [0.29, 0.717) is 0 Å². The van der Waals surface area contributed by atoms with Gasteiger partial charge in [-0.3, -0.25) is 9.78 Å². The molecular weight excluding hydrogens is 338 g/mol. The van der Waals surface area contributed by atoms with Crippen LogP contribution in [0.4, 0.5) is 5.69 Å². The number of esters is 2. The van der Waals surface area contributed by atoms with E-state index in [4.69, 9.17) is 9.47 Å². The maximum Gasteiger partial charge on any atom is 0.347 e. The zero-order valence-electron chi connectivity index (χ0n) is 14.4. The lowest BCUT2D eigenvalue weighted by Crippen LogP contribution is -2.20. The lowest BCUT2D eigenvalue weighted by molar-refractivity contribution is -0.146. The minimum atomic E-state index is -0.833. The van der Waals surface area contributed by atoms with Gasteiger partial charge >= 0.3 is 11.9 Å². The van der Waals surface area contributed by atoms with Crippen molar-refractivity contribution in [1.29, 1.82) is 0 Å². The van der Waals surface area contributed by atoms with E-state index in [2.05, 4.69) is 15.3 Å². The molecule has 0 aliphatic heterocycles. The molecule has 0 fully saturated rings. The Hall–Kier alpha value is -3.42. The fourth-order valence-electron chi connectivity index (χ4n) is 2.07. The standard InChI is InChI=1S/C18H19N3O5/c1-3-25-17(23)14(18(24)26-4-2)11-20-15-9-13(10-21-16(15)22)12-5-7-19-8-6-12/h5-11,20H,3-4H2,1-2H3,(H,21,22). The molecule has 0 saturated carbocycles. The molecule has 0 aromatic carbocycles. The first-order valence-corrected chi connectivity index (χ1v) is 8.00. The molecule has 0 amide bonds. The van der Waals surface area contributed by atoms with Crippen LogP contribution in [0.15, 0.2) is 53.4 Å². The van der Waals surface area contributed by atoms with Gasteiger partial charge in [-0.2, -0.15) is 0 Å². The van der Waals surface area contributed by atoms with E-state index in [1.807, 2.05) is 0 Å². The Morgan fingerprint density at radius 3 is 2.31 bits per heavy atom. The van der Waals surface area contributed by atoms with Crippen LogP contribution in [-0.4, -0.2) is 35.1 Å². The van der Waals surface area contributed by atoms with Gasteiger partial charge in [0.2, 0.25) is 0 Å². The fraction of sp³-hybridized carbons (Fsp3) is 0.222. The van der Waals surface area contributed by atoms with Crippen LogP contribution in [-0.2, 0) is 19.1 Å². The number of nitrogens with one attached hydrogen (secondary N) is 2. The number of carbonyl (C=O) groups excluding carboxylic acids is 2. The van der Waals surface area contributed by atoms with E-state index in [0.717, 1.165) is 17.3 Å². The highest BCUT2D eigenvalue weighted by molar-refractivity contribution is 6.14. The second kappa shape index (κ2) is 9.16. The van der Waals surface area contributed by atoms with Crippen LogP contribution < -0.4 is 10.9 Å². The Morgan fingerprint density at radius 2 is 1.73 bits per heavy atom. The molecule has 0 saturated heterocycles. The summed E-state index contributed by atoms with van der Waals surface area (Å²) in [6.07, 6.45) is 5.93. The maximum absolute atomic E-state index is 12.0. The molecule has 0 unspecified atom stereocenters. The summed E-state index contributed by atoms with van der Waals surface area (Å²) in [6, 6.07) is 5.17. The molecule has 0 radical (unpaired) electrons. The van der Waals surface area contributed by atoms with Gasteiger partial charge in [0.05, 0.1) is 13.2 Å². The third-order valence-corrected chi connectivity index (χ3v) is 3.28. The van der Waals surface area contributed by atoms with Crippen molar-refractivity contribution in [3.8, 4) is 11.1 Å². The van der Waals surface area contributed by atoms with E-state index >= 15 is 0 Å². The number of pyridine rings is 2. The number of nitrogens with zero attached hydrogens (tertiary/aromatic N) is 1. The summed E-state index contributed by atoms with van der Waals surface area (Å²) in [6.45, 7) is 3.45. The van der Waals surface area contributed by atoms with Gasteiger partial charge in [-0.1, -0.05) is 0 Å². The maximum atomic E-state index is 12.0. The fourth-order valence-corrected chi connectivity index (χ4v) is 2.07. The van der Waals surface area contributed by atoms with Crippen LogP contribution >= 0.6 is 0 Å². The van der Waals surface area contributed by atoms with Gasteiger partial charge in [0, 0.05) is 30.4 Å². The number of rotatable bonds is 7. The lowest BCUT2D eigenvalue weighted by atomic mass is 10.1. The number of hydrogen-bond acceptors (Lipinski definition) is 7. The Kier molecular flexibility index (Phi) is 6.67. The van der Waals surface area contributed by atoms with E-state index in [-0.39, 0.29) is 24.5 Å². The number of H-pyrrole nitrogens is 1. The molecule has 8 heteroatoms. The van der Waals surface area contributed by atoms with Gasteiger partial charge in [0.1, 0.15) is 5.69 Å². The second-order valence-corrected chi connectivity index (χ2v) is 5.01. The normalized spacial score (nSPS) is 9.92. The smallest absolute Gasteiger partial charge is 0.347 e. The van der Waals surface area contributed by atoms with Crippen molar-refractivity contribution in [3.63, 3.8) is 0 Å². The van der Waals surface area contributed by atoms with Gasteiger partial charge in [-0.05, 0) is 37.6 Å². The molecule has 2 aromatic heterocycles. The number of aromatic amines is 1. The van der Waals surface area contributed by atoms with Crippen LogP contribution in [0.25, 0.3) is 11.1 Å². The molecule has 0 atom stereocenters. The zero-order chi connectivity index (χ0) is 18.9. The number of ether oxygens (including phenoxy) is 2. The van der Waals surface area contributed by atoms with Gasteiger partial charge in [-0.15, -0.1) is 0 Å². The molecule has 0 aliphatic carbocycles. The predicted octanol–water partition coefficient (Wildman–Crippen LogP) is 1.86. The summed E-state index contributed by atoms with van der Waals surface area (Å²) in [4.78, 5) is 42.4. The summed E-state index contributed by atoms with van der Waals surface area (Å²) in [7, 11) is 0. The van der Waals surface area contributed by atoms with Gasteiger partial charge < -0.3 is 19.8 Å². The summed E-state index contributed by atoms with van der Waals surface area (Å²) in [5.41, 5.74) is 0.995.